The van der Waals surface area contributed by atoms with Crippen molar-refractivity contribution in [3.05, 3.63) is 67.1 Å². The fourth-order valence-electron chi connectivity index (χ4n) is 4.23. The van der Waals surface area contributed by atoms with Gasteiger partial charge in [0.15, 0.2) is 0 Å². The second-order valence-electron chi connectivity index (χ2n) is 8.83. The van der Waals surface area contributed by atoms with Gasteiger partial charge in [-0.15, -0.1) is 0 Å². The lowest BCUT2D eigenvalue weighted by Gasteiger charge is -2.12. The number of ether oxygens (including phenoxy) is 1. The van der Waals surface area contributed by atoms with Gasteiger partial charge in [-0.3, -0.25) is 20.2 Å². The van der Waals surface area contributed by atoms with Crippen molar-refractivity contribution in [3.63, 3.8) is 0 Å². The second kappa shape index (κ2) is 8.90. The minimum Gasteiger partial charge on any atom is -0.492 e. The Morgan fingerprint density at radius 2 is 1.86 bits per heavy atom. The third-order valence-electron chi connectivity index (χ3n) is 6.03. The predicted molar refractivity (Wildman–Crippen MR) is 136 cm³/mol. The summed E-state index contributed by atoms with van der Waals surface area (Å²) >= 11 is 0. The molecule has 1 aromatic carbocycles. The molecule has 9 nitrogen and oxygen atoms in total. The number of fused-ring (bicyclic) bond motifs is 2. The number of aromatic nitrogens is 7. The van der Waals surface area contributed by atoms with E-state index in [2.05, 4.69) is 35.3 Å². The lowest BCUT2D eigenvalue weighted by molar-refractivity contribution is 0.260. The molecule has 5 aromatic heterocycles. The van der Waals surface area contributed by atoms with Crippen LogP contribution in [0.1, 0.15) is 0 Å². The van der Waals surface area contributed by atoms with Crippen molar-refractivity contribution in [2.45, 2.75) is 0 Å². The maximum absolute atomic E-state index is 14.5. The quantitative estimate of drug-likeness (QED) is 0.306. The normalized spacial score (nSPS) is 11.7. The van der Waals surface area contributed by atoms with Crippen molar-refractivity contribution >= 4 is 21.8 Å². The van der Waals surface area contributed by atoms with Crippen LogP contribution in [0.5, 0.6) is 5.75 Å². The zero-order valence-corrected chi connectivity index (χ0v) is 19.7. The zero-order chi connectivity index (χ0) is 24.6. The van der Waals surface area contributed by atoms with Gasteiger partial charge >= 0.3 is 0 Å². The fraction of sp³-hybridized carbons (Fsp3) is 0.154. The van der Waals surface area contributed by atoms with E-state index in [1.807, 2.05) is 37.2 Å². The molecular weight excluding hydrogens is 459 g/mol. The molecule has 0 amide bonds. The molecule has 0 saturated heterocycles. The van der Waals surface area contributed by atoms with E-state index in [0.717, 1.165) is 56.6 Å². The van der Waals surface area contributed by atoms with Gasteiger partial charge in [-0.1, -0.05) is 0 Å². The standard InChI is InChI=1S/C26H23FN8O/c1-35(2)3-4-36-18-6-15(5-17(27)7-18)21-12-28-13-24-19(21)8-23(32-24)26-20-9-22(16-10-30-31-11-16)29-14-25(20)33-34-26/h5-14,32H,3-4H2,1-2H3,(H,30,31)(H,33,34). The summed E-state index contributed by atoms with van der Waals surface area (Å²) in [4.78, 5) is 14.3. The van der Waals surface area contributed by atoms with Crippen LogP contribution >= 0.6 is 0 Å². The van der Waals surface area contributed by atoms with Gasteiger partial charge in [-0.2, -0.15) is 10.2 Å². The molecule has 0 radical (unpaired) electrons. The molecule has 0 aliphatic carbocycles. The Bertz CT molecular complexity index is 1670. The molecule has 0 atom stereocenters. The molecule has 0 aliphatic rings. The second-order valence-corrected chi connectivity index (χ2v) is 8.83. The molecule has 0 bridgehead atoms. The number of aromatic amines is 3. The third kappa shape index (κ3) is 4.07. The Morgan fingerprint density at radius 3 is 2.69 bits per heavy atom. The molecule has 0 fully saturated rings. The predicted octanol–water partition coefficient (Wildman–Crippen LogP) is 4.64. The Hall–Kier alpha value is -4.57. The number of pyridine rings is 2. The number of rotatable bonds is 7. The van der Waals surface area contributed by atoms with Crippen LogP contribution in [0.3, 0.4) is 0 Å². The Kier molecular flexibility index (Phi) is 5.42. The number of hydrogen-bond donors (Lipinski definition) is 3. The van der Waals surface area contributed by atoms with Crippen LogP contribution in [0.4, 0.5) is 4.39 Å². The maximum Gasteiger partial charge on any atom is 0.127 e. The van der Waals surface area contributed by atoms with Gasteiger partial charge in [0, 0.05) is 46.9 Å². The number of likely N-dealkylation sites (N-methyl/N-ethyl adjacent to an activating group) is 1. The topological polar surface area (TPSA) is 111 Å². The van der Waals surface area contributed by atoms with Gasteiger partial charge in [0.25, 0.3) is 0 Å². The third-order valence-corrected chi connectivity index (χ3v) is 6.03. The first-order chi connectivity index (χ1) is 17.5. The number of nitrogens with zero attached hydrogens (tertiary/aromatic N) is 5. The summed E-state index contributed by atoms with van der Waals surface area (Å²) in [7, 11) is 3.93. The van der Waals surface area contributed by atoms with Gasteiger partial charge in [0.1, 0.15) is 23.9 Å². The highest BCUT2D eigenvalue weighted by molar-refractivity contribution is 6.01. The van der Waals surface area contributed by atoms with E-state index in [0.29, 0.717) is 17.9 Å². The van der Waals surface area contributed by atoms with Crippen LogP contribution in [0.15, 0.2) is 61.3 Å². The summed E-state index contributed by atoms with van der Waals surface area (Å²) in [5.41, 5.74) is 6.38. The van der Waals surface area contributed by atoms with E-state index in [9.17, 15) is 4.39 Å². The highest BCUT2D eigenvalue weighted by Gasteiger charge is 2.16. The molecule has 0 spiro atoms. The molecule has 0 aliphatic heterocycles. The van der Waals surface area contributed by atoms with Crippen molar-refractivity contribution in [1.82, 2.24) is 40.2 Å². The van der Waals surface area contributed by atoms with E-state index in [1.54, 1.807) is 31.0 Å². The van der Waals surface area contributed by atoms with Gasteiger partial charge in [-0.05, 0) is 43.9 Å². The highest BCUT2D eigenvalue weighted by Crippen LogP contribution is 2.35. The maximum atomic E-state index is 14.5. The Labute approximate surface area is 205 Å². The summed E-state index contributed by atoms with van der Waals surface area (Å²) in [5.74, 6) is 0.120. The summed E-state index contributed by atoms with van der Waals surface area (Å²) in [6.45, 7) is 1.20. The molecule has 5 heterocycles. The van der Waals surface area contributed by atoms with Crippen LogP contribution in [-0.4, -0.2) is 67.5 Å². The molecule has 0 saturated carbocycles. The molecule has 6 aromatic rings. The van der Waals surface area contributed by atoms with Crippen molar-refractivity contribution in [3.8, 4) is 39.5 Å². The van der Waals surface area contributed by atoms with Crippen molar-refractivity contribution < 1.29 is 9.13 Å². The van der Waals surface area contributed by atoms with E-state index in [4.69, 9.17) is 4.74 Å². The van der Waals surface area contributed by atoms with Crippen LogP contribution in [0.2, 0.25) is 0 Å². The summed E-state index contributed by atoms with van der Waals surface area (Å²) in [6.07, 6.45) is 8.78. The Balaban J connectivity index is 1.41. The summed E-state index contributed by atoms with van der Waals surface area (Å²) in [5, 5.41) is 16.2. The van der Waals surface area contributed by atoms with Gasteiger partial charge in [0.05, 0.1) is 41.0 Å². The first-order valence-corrected chi connectivity index (χ1v) is 11.4. The van der Waals surface area contributed by atoms with E-state index in [-0.39, 0.29) is 5.82 Å². The van der Waals surface area contributed by atoms with Crippen LogP contribution in [0.25, 0.3) is 55.6 Å². The number of nitrogens with one attached hydrogen (secondary N) is 3. The Morgan fingerprint density at radius 1 is 0.944 bits per heavy atom. The molecule has 180 valence electrons. The molecule has 3 N–H and O–H groups in total. The van der Waals surface area contributed by atoms with E-state index in [1.165, 1.54) is 12.1 Å². The smallest absolute Gasteiger partial charge is 0.127 e. The minimum absolute atomic E-state index is 0.363. The first-order valence-electron chi connectivity index (χ1n) is 11.4. The lowest BCUT2D eigenvalue weighted by Crippen LogP contribution is -2.19. The largest absolute Gasteiger partial charge is 0.492 e. The zero-order valence-electron chi connectivity index (χ0n) is 19.7. The summed E-state index contributed by atoms with van der Waals surface area (Å²) in [6, 6.07) is 8.73. The lowest BCUT2D eigenvalue weighted by atomic mass is 10.0. The fourth-order valence-corrected chi connectivity index (χ4v) is 4.23. The molecule has 0 unspecified atom stereocenters. The van der Waals surface area contributed by atoms with E-state index < -0.39 is 0 Å². The average molecular weight is 483 g/mol. The van der Waals surface area contributed by atoms with Gasteiger partial charge < -0.3 is 14.6 Å². The SMILES string of the molecule is CN(C)CCOc1cc(F)cc(-c2cncc3[nH]c(-c4n[nH]c5cnc(-c6cn[nH]c6)cc45)cc23)c1. The first kappa shape index (κ1) is 21.9. The number of benzene rings is 1. The van der Waals surface area contributed by atoms with Crippen molar-refractivity contribution in [2.75, 3.05) is 27.2 Å². The van der Waals surface area contributed by atoms with Crippen LogP contribution in [0, 0.1) is 5.82 Å². The highest BCUT2D eigenvalue weighted by atomic mass is 19.1. The monoisotopic (exact) mass is 482 g/mol. The van der Waals surface area contributed by atoms with Gasteiger partial charge in [-0.25, -0.2) is 4.39 Å². The average Bonchev–Trinajstić information content (AvgIpc) is 3.62. The molecule has 10 heteroatoms. The molecular formula is C26H23FN8O. The van der Waals surface area contributed by atoms with Crippen molar-refractivity contribution in [1.29, 1.82) is 0 Å². The summed E-state index contributed by atoms with van der Waals surface area (Å²) < 4.78 is 20.3. The number of halogens is 1. The number of hydrogen-bond acceptors (Lipinski definition) is 6. The van der Waals surface area contributed by atoms with Crippen LogP contribution in [-0.2, 0) is 0 Å². The van der Waals surface area contributed by atoms with E-state index >= 15 is 0 Å². The van der Waals surface area contributed by atoms with Gasteiger partial charge in [0.2, 0.25) is 0 Å². The minimum atomic E-state index is -0.363. The molecule has 36 heavy (non-hydrogen) atoms. The van der Waals surface area contributed by atoms with Crippen LogP contribution < -0.4 is 4.74 Å². The van der Waals surface area contributed by atoms with Crippen molar-refractivity contribution in [2.24, 2.45) is 0 Å². The molecule has 6 rings (SSSR count). The number of H-pyrrole nitrogens is 3.